The molecule has 0 radical (unpaired) electrons. The van der Waals surface area contributed by atoms with Gasteiger partial charge in [-0.2, -0.15) is 0 Å². The van der Waals surface area contributed by atoms with Crippen molar-refractivity contribution < 1.29 is 4.79 Å². The normalized spacial score (nSPS) is 22.0. The zero-order chi connectivity index (χ0) is 14.7. The van der Waals surface area contributed by atoms with Gasteiger partial charge in [0.2, 0.25) is 5.91 Å². The maximum atomic E-state index is 12.6. The fourth-order valence-corrected chi connectivity index (χ4v) is 3.59. The standard InChI is InChI=1S/C18H26N2O/c1-14-7-9-17-15(13-14)5-4-12-20(17)18(21)10-8-16-6-2-3-11-19-16/h7,9,13,16,19H,2-6,8,10-12H2,1H3. The van der Waals surface area contributed by atoms with Crippen molar-refractivity contribution in [3.8, 4) is 0 Å². The lowest BCUT2D eigenvalue weighted by Gasteiger charge is -2.31. The Hall–Kier alpha value is -1.35. The maximum absolute atomic E-state index is 12.6. The lowest BCUT2D eigenvalue weighted by molar-refractivity contribution is -0.118. The van der Waals surface area contributed by atoms with Gasteiger partial charge in [0, 0.05) is 24.7 Å². The van der Waals surface area contributed by atoms with Crippen molar-refractivity contribution in [1.29, 1.82) is 0 Å². The lowest BCUT2D eigenvalue weighted by atomic mass is 9.97. The number of fused-ring (bicyclic) bond motifs is 1. The fraction of sp³-hybridized carbons (Fsp3) is 0.611. The van der Waals surface area contributed by atoms with Gasteiger partial charge in [-0.25, -0.2) is 0 Å². The number of piperidine rings is 1. The van der Waals surface area contributed by atoms with Crippen LogP contribution in [0.15, 0.2) is 18.2 Å². The average molecular weight is 286 g/mol. The highest BCUT2D eigenvalue weighted by Crippen LogP contribution is 2.28. The molecule has 114 valence electrons. The minimum Gasteiger partial charge on any atom is -0.314 e. The van der Waals surface area contributed by atoms with Crippen LogP contribution in [0.5, 0.6) is 0 Å². The number of hydrogen-bond acceptors (Lipinski definition) is 2. The topological polar surface area (TPSA) is 32.3 Å². The molecular formula is C18H26N2O. The Labute approximate surface area is 127 Å². The van der Waals surface area contributed by atoms with Crippen LogP contribution in [-0.2, 0) is 11.2 Å². The molecule has 2 heterocycles. The molecule has 1 amide bonds. The summed E-state index contributed by atoms with van der Waals surface area (Å²) in [6, 6.07) is 7.02. The molecule has 3 rings (SSSR count). The van der Waals surface area contributed by atoms with Gasteiger partial charge in [-0.05, 0) is 57.2 Å². The van der Waals surface area contributed by atoms with E-state index >= 15 is 0 Å². The summed E-state index contributed by atoms with van der Waals surface area (Å²) in [5.74, 6) is 0.298. The highest BCUT2D eigenvalue weighted by molar-refractivity contribution is 5.94. The number of amides is 1. The van der Waals surface area contributed by atoms with E-state index in [1.165, 1.54) is 30.4 Å². The van der Waals surface area contributed by atoms with E-state index in [2.05, 4.69) is 30.4 Å². The molecule has 0 bridgehead atoms. The minimum atomic E-state index is 0.298. The van der Waals surface area contributed by atoms with Gasteiger partial charge in [-0.3, -0.25) is 4.79 Å². The van der Waals surface area contributed by atoms with Crippen LogP contribution in [0.1, 0.15) is 49.7 Å². The van der Waals surface area contributed by atoms with Crippen LogP contribution >= 0.6 is 0 Å². The average Bonchev–Trinajstić information content (AvgIpc) is 2.52. The van der Waals surface area contributed by atoms with E-state index in [1.807, 2.05) is 4.90 Å². The second-order valence-corrected chi connectivity index (χ2v) is 6.47. The van der Waals surface area contributed by atoms with Gasteiger partial charge < -0.3 is 10.2 Å². The first kappa shape index (κ1) is 14.6. The van der Waals surface area contributed by atoms with E-state index in [-0.39, 0.29) is 0 Å². The number of benzene rings is 1. The van der Waals surface area contributed by atoms with Gasteiger partial charge in [0.1, 0.15) is 0 Å². The van der Waals surface area contributed by atoms with E-state index < -0.39 is 0 Å². The molecule has 1 unspecified atom stereocenters. The van der Waals surface area contributed by atoms with Crippen molar-refractivity contribution in [2.24, 2.45) is 0 Å². The Morgan fingerprint density at radius 1 is 1.33 bits per heavy atom. The number of carbonyl (C=O) groups is 1. The van der Waals surface area contributed by atoms with Crippen molar-refractivity contribution in [3.05, 3.63) is 29.3 Å². The van der Waals surface area contributed by atoms with Gasteiger partial charge in [0.15, 0.2) is 0 Å². The van der Waals surface area contributed by atoms with Crippen LogP contribution in [0, 0.1) is 6.92 Å². The van der Waals surface area contributed by atoms with Crippen LogP contribution in [0.2, 0.25) is 0 Å². The summed E-state index contributed by atoms with van der Waals surface area (Å²) in [6.07, 6.45) is 7.65. The van der Waals surface area contributed by atoms with Crippen molar-refractivity contribution in [3.63, 3.8) is 0 Å². The zero-order valence-electron chi connectivity index (χ0n) is 13.0. The van der Waals surface area contributed by atoms with Gasteiger partial charge in [0.25, 0.3) is 0 Å². The quantitative estimate of drug-likeness (QED) is 0.925. The van der Waals surface area contributed by atoms with Crippen LogP contribution in [0.3, 0.4) is 0 Å². The van der Waals surface area contributed by atoms with Gasteiger partial charge in [-0.1, -0.05) is 24.1 Å². The molecule has 3 nitrogen and oxygen atoms in total. The maximum Gasteiger partial charge on any atom is 0.227 e. The van der Waals surface area contributed by atoms with Gasteiger partial charge in [-0.15, -0.1) is 0 Å². The molecule has 1 N–H and O–H groups in total. The summed E-state index contributed by atoms with van der Waals surface area (Å²) in [6.45, 7) is 4.12. The highest BCUT2D eigenvalue weighted by atomic mass is 16.2. The molecule has 3 heteroatoms. The van der Waals surface area contributed by atoms with Crippen LogP contribution in [0.25, 0.3) is 0 Å². The third-order valence-electron chi connectivity index (χ3n) is 4.77. The SMILES string of the molecule is Cc1ccc2c(c1)CCCN2C(=O)CCC1CCCCN1. The molecule has 21 heavy (non-hydrogen) atoms. The Kier molecular flexibility index (Phi) is 4.59. The smallest absolute Gasteiger partial charge is 0.227 e. The zero-order valence-corrected chi connectivity index (χ0v) is 13.0. The molecule has 2 aliphatic rings. The number of carbonyl (C=O) groups excluding carboxylic acids is 1. The van der Waals surface area contributed by atoms with Crippen molar-refractivity contribution in [2.75, 3.05) is 18.0 Å². The number of nitrogens with zero attached hydrogens (tertiary/aromatic N) is 1. The molecule has 1 atom stereocenters. The summed E-state index contributed by atoms with van der Waals surface area (Å²) >= 11 is 0. The second-order valence-electron chi connectivity index (χ2n) is 6.47. The van der Waals surface area contributed by atoms with Crippen LogP contribution in [-0.4, -0.2) is 25.0 Å². The molecule has 0 spiro atoms. The third kappa shape index (κ3) is 3.46. The summed E-state index contributed by atoms with van der Waals surface area (Å²) in [4.78, 5) is 14.6. The number of hydrogen-bond donors (Lipinski definition) is 1. The highest BCUT2D eigenvalue weighted by Gasteiger charge is 2.23. The van der Waals surface area contributed by atoms with Gasteiger partial charge in [0.05, 0.1) is 0 Å². The largest absolute Gasteiger partial charge is 0.314 e. The first-order valence-corrected chi connectivity index (χ1v) is 8.37. The third-order valence-corrected chi connectivity index (χ3v) is 4.77. The Morgan fingerprint density at radius 3 is 3.05 bits per heavy atom. The number of aryl methyl sites for hydroxylation is 2. The first-order valence-electron chi connectivity index (χ1n) is 8.37. The Balaban J connectivity index is 1.63. The number of anilines is 1. The van der Waals surface area contributed by atoms with Crippen molar-refractivity contribution >= 4 is 11.6 Å². The van der Waals surface area contributed by atoms with Crippen LogP contribution in [0.4, 0.5) is 5.69 Å². The first-order chi connectivity index (χ1) is 10.2. The molecule has 1 aromatic rings. The van der Waals surface area contributed by atoms with Crippen molar-refractivity contribution in [1.82, 2.24) is 5.32 Å². The summed E-state index contributed by atoms with van der Waals surface area (Å²) < 4.78 is 0. The summed E-state index contributed by atoms with van der Waals surface area (Å²) in [5.41, 5.74) is 3.77. The molecule has 1 aromatic carbocycles. The van der Waals surface area contributed by atoms with Crippen molar-refractivity contribution in [2.45, 2.75) is 57.9 Å². The number of nitrogens with one attached hydrogen (secondary N) is 1. The Bertz CT molecular complexity index is 506. The van der Waals surface area contributed by atoms with E-state index in [1.54, 1.807) is 0 Å². The molecule has 0 aromatic heterocycles. The fourth-order valence-electron chi connectivity index (χ4n) is 3.59. The van der Waals surface area contributed by atoms with E-state index in [9.17, 15) is 4.79 Å². The predicted octanol–water partition coefficient (Wildman–Crippen LogP) is 3.20. The molecule has 0 saturated carbocycles. The van der Waals surface area contributed by atoms with E-state index in [0.717, 1.165) is 38.0 Å². The van der Waals surface area contributed by atoms with E-state index in [0.29, 0.717) is 18.4 Å². The predicted molar refractivity (Wildman–Crippen MR) is 86.7 cm³/mol. The molecular weight excluding hydrogens is 260 g/mol. The van der Waals surface area contributed by atoms with E-state index in [4.69, 9.17) is 0 Å². The summed E-state index contributed by atoms with van der Waals surface area (Å²) in [5, 5.41) is 3.53. The van der Waals surface area contributed by atoms with Crippen LogP contribution < -0.4 is 10.2 Å². The lowest BCUT2D eigenvalue weighted by Crippen LogP contribution is -2.38. The van der Waals surface area contributed by atoms with Gasteiger partial charge >= 0.3 is 0 Å². The Morgan fingerprint density at radius 2 is 2.24 bits per heavy atom. The summed E-state index contributed by atoms with van der Waals surface area (Å²) in [7, 11) is 0. The molecule has 1 saturated heterocycles. The number of rotatable bonds is 3. The minimum absolute atomic E-state index is 0.298. The monoisotopic (exact) mass is 286 g/mol. The molecule has 2 aliphatic heterocycles. The molecule has 1 fully saturated rings. The molecule has 0 aliphatic carbocycles. The second kappa shape index (κ2) is 6.61.